The van der Waals surface area contributed by atoms with Gasteiger partial charge in [-0.05, 0) is 62.6 Å². The Hall–Kier alpha value is -1.35. The highest BCUT2D eigenvalue weighted by molar-refractivity contribution is 5.85. The first-order chi connectivity index (χ1) is 10.00. The van der Waals surface area contributed by atoms with E-state index in [-0.39, 0.29) is 11.9 Å². The summed E-state index contributed by atoms with van der Waals surface area (Å²) < 4.78 is 5.36. The lowest BCUT2D eigenvalue weighted by Gasteiger charge is -2.28. The molecule has 2 rings (SSSR count). The molecule has 1 amide bonds. The smallest absolute Gasteiger partial charge is 0.252 e. The molecule has 21 heavy (non-hydrogen) atoms. The summed E-state index contributed by atoms with van der Waals surface area (Å²) in [6.07, 6.45) is 5.57. The lowest BCUT2D eigenvalue weighted by molar-refractivity contribution is -0.142. The molecule has 0 heterocycles. The van der Waals surface area contributed by atoms with Gasteiger partial charge in [-0.2, -0.15) is 0 Å². The van der Waals surface area contributed by atoms with Gasteiger partial charge in [-0.25, -0.2) is 0 Å². The Morgan fingerprint density at radius 1 is 1.33 bits per heavy atom. The van der Waals surface area contributed by atoms with Crippen LogP contribution in [0.2, 0.25) is 0 Å². The quantitative estimate of drug-likeness (QED) is 0.900. The second-order valence-electron chi connectivity index (χ2n) is 6.22. The number of rotatable bonds is 5. The predicted octanol–water partition coefficient (Wildman–Crippen LogP) is 3.56. The molecule has 0 saturated heterocycles. The number of benzene rings is 1. The van der Waals surface area contributed by atoms with Gasteiger partial charge in [0.15, 0.2) is 0 Å². The molecule has 2 atom stereocenters. The van der Waals surface area contributed by atoms with Crippen molar-refractivity contribution in [3.63, 3.8) is 0 Å². The second-order valence-corrected chi connectivity index (χ2v) is 6.22. The van der Waals surface area contributed by atoms with Crippen LogP contribution in [0.25, 0.3) is 0 Å². The minimum absolute atomic E-state index is 0.00533. The summed E-state index contributed by atoms with van der Waals surface area (Å²) in [5, 5.41) is 3.08. The molecule has 2 unspecified atom stereocenters. The number of ether oxygens (including phenoxy) is 1. The molecule has 1 aliphatic carbocycles. The topological polar surface area (TPSA) is 38.3 Å². The van der Waals surface area contributed by atoms with Gasteiger partial charge in [-0.3, -0.25) is 4.79 Å². The number of carbonyl (C=O) groups is 1. The number of nitrogens with one attached hydrogen (secondary N) is 1. The fourth-order valence-corrected chi connectivity index (χ4v) is 2.85. The van der Waals surface area contributed by atoms with Crippen molar-refractivity contribution in [3.05, 3.63) is 34.9 Å². The zero-order valence-electron chi connectivity index (χ0n) is 13.7. The second kappa shape index (κ2) is 6.61. The van der Waals surface area contributed by atoms with E-state index in [0.29, 0.717) is 6.42 Å². The number of aryl methyl sites for hydroxylation is 2. The van der Waals surface area contributed by atoms with Crippen LogP contribution < -0.4 is 5.32 Å². The Bertz CT molecular complexity index is 506. The van der Waals surface area contributed by atoms with Crippen molar-refractivity contribution in [2.75, 3.05) is 7.11 Å². The maximum Gasteiger partial charge on any atom is 0.252 e. The van der Waals surface area contributed by atoms with Crippen LogP contribution in [-0.2, 0) is 22.4 Å². The summed E-state index contributed by atoms with van der Waals surface area (Å²) in [5.74, 6) is -0.0438. The minimum Gasteiger partial charge on any atom is -0.369 e. The van der Waals surface area contributed by atoms with Crippen LogP contribution >= 0.6 is 0 Å². The molecule has 0 aliphatic heterocycles. The third-order valence-electron chi connectivity index (χ3n) is 4.83. The molecule has 0 radical (unpaired) electrons. The normalized spacial score (nSPS) is 18.5. The van der Waals surface area contributed by atoms with Gasteiger partial charge >= 0.3 is 0 Å². The number of amides is 1. The van der Waals surface area contributed by atoms with Crippen molar-refractivity contribution in [3.8, 4) is 0 Å². The van der Waals surface area contributed by atoms with E-state index in [9.17, 15) is 4.79 Å². The molecule has 3 nitrogen and oxygen atoms in total. The third-order valence-corrected chi connectivity index (χ3v) is 4.83. The van der Waals surface area contributed by atoms with Gasteiger partial charge < -0.3 is 10.1 Å². The molecule has 0 saturated carbocycles. The number of hydrogen-bond acceptors (Lipinski definition) is 2. The van der Waals surface area contributed by atoms with E-state index in [1.165, 1.54) is 36.0 Å². The monoisotopic (exact) mass is 289 g/mol. The predicted molar refractivity (Wildman–Crippen MR) is 85.3 cm³/mol. The maximum absolute atomic E-state index is 12.4. The number of fused-ring (bicyclic) bond motifs is 1. The summed E-state index contributed by atoms with van der Waals surface area (Å²) in [4.78, 5) is 12.4. The van der Waals surface area contributed by atoms with Crippen molar-refractivity contribution in [1.29, 1.82) is 0 Å². The number of hydrogen-bond donors (Lipinski definition) is 1. The van der Waals surface area contributed by atoms with Crippen LogP contribution in [0.15, 0.2) is 18.2 Å². The first-order valence-electron chi connectivity index (χ1n) is 7.98. The van der Waals surface area contributed by atoms with Crippen molar-refractivity contribution in [2.24, 2.45) is 0 Å². The van der Waals surface area contributed by atoms with Gasteiger partial charge in [0, 0.05) is 7.11 Å². The molecular formula is C18H27NO2. The molecule has 1 aromatic carbocycles. The molecule has 1 N–H and O–H groups in total. The molecule has 0 spiro atoms. The van der Waals surface area contributed by atoms with Crippen LogP contribution in [0.1, 0.15) is 62.8 Å². The molecule has 116 valence electrons. The van der Waals surface area contributed by atoms with Gasteiger partial charge in [-0.15, -0.1) is 0 Å². The zero-order chi connectivity index (χ0) is 15.5. The lowest BCUT2D eigenvalue weighted by Crippen LogP contribution is -2.46. The Balaban J connectivity index is 2.10. The van der Waals surface area contributed by atoms with Crippen molar-refractivity contribution in [1.82, 2.24) is 5.32 Å². The fourth-order valence-electron chi connectivity index (χ4n) is 2.85. The van der Waals surface area contributed by atoms with E-state index < -0.39 is 5.60 Å². The highest BCUT2D eigenvalue weighted by atomic mass is 16.5. The largest absolute Gasteiger partial charge is 0.369 e. The van der Waals surface area contributed by atoms with Crippen molar-refractivity contribution >= 4 is 5.91 Å². The summed E-state index contributed by atoms with van der Waals surface area (Å²) in [5.41, 5.74) is 3.35. The van der Waals surface area contributed by atoms with E-state index in [1.54, 1.807) is 7.11 Å². The van der Waals surface area contributed by atoms with E-state index in [4.69, 9.17) is 4.74 Å². The molecule has 0 aromatic heterocycles. The fraction of sp³-hybridized carbons (Fsp3) is 0.611. The SMILES string of the molecule is CCC(C)(OC)C(=O)NC(C)c1ccc2c(c1)CCCC2. The van der Waals surface area contributed by atoms with Crippen LogP contribution in [0.5, 0.6) is 0 Å². The van der Waals surface area contributed by atoms with E-state index in [2.05, 4.69) is 23.5 Å². The van der Waals surface area contributed by atoms with Gasteiger partial charge in [0.05, 0.1) is 6.04 Å². The van der Waals surface area contributed by atoms with Crippen LogP contribution in [0, 0.1) is 0 Å². The summed E-state index contributed by atoms with van der Waals surface area (Å²) >= 11 is 0. The summed E-state index contributed by atoms with van der Waals surface area (Å²) in [7, 11) is 1.59. The highest BCUT2D eigenvalue weighted by Gasteiger charge is 2.31. The van der Waals surface area contributed by atoms with Gasteiger partial charge in [-0.1, -0.05) is 25.1 Å². The first kappa shape index (κ1) is 16.0. The minimum atomic E-state index is -0.748. The summed E-state index contributed by atoms with van der Waals surface area (Å²) in [6.45, 7) is 5.84. The Kier molecular flexibility index (Phi) is 5.04. The van der Waals surface area contributed by atoms with Gasteiger partial charge in [0.25, 0.3) is 5.91 Å². The van der Waals surface area contributed by atoms with Crippen LogP contribution in [0.4, 0.5) is 0 Å². The van der Waals surface area contributed by atoms with Gasteiger partial charge in [0.2, 0.25) is 0 Å². The van der Waals surface area contributed by atoms with Crippen LogP contribution in [0.3, 0.4) is 0 Å². The van der Waals surface area contributed by atoms with E-state index >= 15 is 0 Å². The maximum atomic E-state index is 12.4. The van der Waals surface area contributed by atoms with E-state index in [0.717, 1.165) is 6.42 Å². The van der Waals surface area contributed by atoms with Crippen molar-refractivity contribution < 1.29 is 9.53 Å². The standard InChI is InChI=1S/C18H27NO2/c1-5-18(3,21-4)17(20)19-13(2)15-11-10-14-8-6-7-9-16(14)12-15/h10-13H,5-9H2,1-4H3,(H,19,20). The number of methoxy groups -OCH3 is 1. The number of carbonyl (C=O) groups excluding carboxylic acids is 1. The van der Waals surface area contributed by atoms with Gasteiger partial charge in [0.1, 0.15) is 5.60 Å². The van der Waals surface area contributed by atoms with Crippen LogP contribution in [-0.4, -0.2) is 18.6 Å². The van der Waals surface area contributed by atoms with Crippen molar-refractivity contribution in [2.45, 2.75) is 64.5 Å². The first-order valence-corrected chi connectivity index (χ1v) is 7.98. The Labute approximate surface area is 128 Å². The average Bonchev–Trinajstić information content (AvgIpc) is 2.53. The molecule has 1 aliphatic rings. The molecule has 1 aromatic rings. The van der Waals surface area contributed by atoms with E-state index in [1.807, 2.05) is 20.8 Å². The lowest BCUT2D eigenvalue weighted by atomic mass is 9.89. The highest BCUT2D eigenvalue weighted by Crippen LogP contribution is 2.25. The zero-order valence-corrected chi connectivity index (χ0v) is 13.7. The molecule has 0 bridgehead atoms. The average molecular weight is 289 g/mol. The summed E-state index contributed by atoms with van der Waals surface area (Å²) in [6, 6.07) is 6.63. The molecular weight excluding hydrogens is 262 g/mol. The Morgan fingerprint density at radius 3 is 2.62 bits per heavy atom. The molecule has 3 heteroatoms. The molecule has 0 fully saturated rings. The Morgan fingerprint density at radius 2 is 2.00 bits per heavy atom. The third kappa shape index (κ3) is 3.46.